The van der Waals surface area contributed by atoms with E-state index in [2.05, 4.69) is 3.63 Å². The molecule has 0 aliphatic rings. The first-order chi connectivity index (χ1) is 3.41. The van der Waals surface area contributed by atoms with Crippen LogP contribution in [-0.4, -0.2) is 10.4 Å². The van der Waals surface area contributed by atoms with Gasteiger partial charge in [0.15, 0.2) is 0 Å². The Morgan fingerprint density at radius 2 is 1.57 bits per heavy atom. The Labute approximate surface area is 49.0 Å². The summed E-state index contributed by atoms with van der Waals surface area (Å²) in [6.45, 7) is 0. The molecule has 0 spiro atoms. The van der Waals surface area contributed by atoms with Gasteiger partial charge in [-0.1, -0.05) is 0 Å². The second-order valence-electron chi connectivity index (χ2n) is 0.417. The SMILES string of the molecule is ONSOSNO. The zero-order chi connectivity index (χ0) is 5.54. The van der Waals surface area contributed by atoms with Crippen LogP contribution >= 0.6 is 24.5 Å². The Morgan fingerprint density at radius 3 is 1.86 bits per heavy atom. The summed E-state index contributed by atoms with van der Waals surface area (Å²) in [6.07, 6.45) is 0. The number of hydrogen-bond donors (Lipinski definition) is 4. The molecule has 0 bridgehead atoms. The molecule has 44 valence electrons. The van der Waals surface area contributed by atoms with Crippen LogP contribution in [-0.2, 0) is 3.63 Å². The first-order valence-electron chi connectivity index (χ1n) is 1.19. The summed E-state index contributed by atoms with van der Waals surface area (Å²) in [5.74, 6) is 0. The van der Waals surface area contributed by atoms with E-state index in [1.54, 1.807) is 9.77 Å². The second kappa shape index (κ2) is 6.50. The molecule has 0 heterocycles. The van der Waals surface area contributed by atoms with E-state index < -0.39 is 0 Å². The Bertz CT molecular complexity index is 30.1. The molecule has 0 aromatic carbocycles. The van der Waals surface area contributed by atoms with Crippen LogP contribution in [0.5, 0.6) is 0 Å². The van der Waals surface area contributed by atoms with Crippen molar-refractivity contribution >= 4 is 24.5 Å². The molecule has 0 radical (unpaired) electrons. The molecule has 7 heavy (non-hydrogen) atoms. The van der Waals surface area contributed by atoms with Crippen molar-refractivity contribution < 1.29 is 14.0 Å². The summed E-state index contributed by atoms with van der Waals surface area (Å²) >= 11 is 1.16. The predicted molar refractivity (Wildman–Crippen MR) is 26.1 cm³/mol. The molecule has 0 aromatic heterocycles. The third-order valence-corrected chi connectivity index (χ3v) is 0.836. The lowest BCUT2D eigenvalue weighted by atomic mass is 13.5. The monoisotopic (exact) mass is 144 g/mol. The topological polar surface area (TPSA) is 73.8 Å². The van der Waals surface area contributed by atoms with E-state index in [1.165, 1.54) is 0 Å². The summed E-state index contributed by atoms with van der Waals surface area (Å²) < 4.78 is 4.24. The summed E-state index contributed by atoms with van der Waals surface area (Å²) in [6, 6.07) is 0. The van der Waals surface area contributed by atoms with Crippen LogP contribution in [0.1, 0.15) is 0 Å². The molecule has 0 rings (SSSR count). The summed E-state index contributed by atoms with van der Waals surface area (Å²) in [7, 11) is 0. The van der Waals surface area contributed by atoms with Crippen molar-refractivity contribution in [3.05, 3.63) is 0 Å². The Hall–Kier alpha value is 0.500. The van der Waals surface area contributed by atoms with Crippen LogP contribution in [0.4, 0.5) is 0 Å². The molecule has 0 atom stereocenters. The maximum absolute atomic E-state index is 7.76. The van der Waals surface area contributed by atoms with Crippen molar-refractivity contribution in [2.24, 2.45) is 0 Å². The molecular formula is H4N2O3S2. The quantitative estimate of drug-likeness (QED) is 0.193. The van der Waals surface area contributed by atoms with Gasteiger partial charge < -0.3 is 10.4 Å². The normalized spacial score (nSPS) is 9.43. The van der Waals surface area contributed by atoms with Gasteiger partial charge in [-0.2, -0.15) is 0 Å². The fraction of sp³-hybridized carbons (Fsp3) is 0. The van der Waals surface area contributed by atoms with Gasteiger partial charge in [0.1, 0.15) is 24.5 Å². The molecule has 0 aliphatic carbocycles. The lowest BCUT2D eigenvalue weighted by Gasteiger charge is -1.91. The lowest BCUT2D eigenvalue weighted by Crippen LogP contribution is -1.96. The molecule has 0 saturated carbocycles. The number of hydrogen-bond acceptors (Lipinski definition) is 7. The largest absolute Gasteiger partial charge is 0.304 e. The molecule has 0 fully saturated rings. The van der Waals surface area contributed by atoms with Crippen molar-refractivity contribution in [2.75, 3.05) is 0 Å². The zero-order valence-corrected chi connectivity index (χ0v) is 4.75. The van der Waals surface area contributed by atoms with Crippen molar-refractivity contribution in [3.63, 3.8) is 0 Å². The van der Waals surface area contributed by atoms with E-state index in [-0.39, 0.29) is 0 Å². The lowest BCUT2D eigenvalue weighted by molar-refractivity contribution is 0.245. The first-order valence-corrected chi connectivity index (χ1v) is 2.67. The average Bonchev–Trinajstić information content (AvgIpc) is 1.69. The third kappa shape index (κ3) is 6.50. The molecule has 0 unspecified atom stereocenters. The standard InChI is InChI=1S/H4N2O3S2/c3-1-6-5-7-2-4/h1-4H. The first kappa shape index (κ1) is 7.50. The van der Waals surface area contributed by atoms with Crippen LogP contribution < -0.4 is 9.77 Å². The van der Waals surface area contributed by atoms with Crippen LogP contribution in [0.2, 0.25) is 0 Å². The summed E-state index contributed by atoms with van der Waals surface area (Å²) in [5.41, 5.74) is 0. The molecule has 0 saturated heterocycles. The highest BCUT2D eigenvalue weighted by Crippen LogP contribution is 2.04. The Morgan fingerprint density at radius 1 is 1.14 bits per heavy atom. The van der Waals surface area contributed by atoms with E-state index in [1.807, 2.05) is 0 Å². The highest BCUT2D eigenvalue weighted by atomic mass is 32.2. The minimum absolute atomic E-state index is 0.579. The van der Waals surface area contributed by atoms with Gasteiger partial charge in [0, 0.05) is 0 Å². The van der Waals surface area contributed by atoms with Crippen molar-refractivity contribution in [1.82, 2.24) is 9.77 Å². The molecule has 7 heteroatoms. The van der Waals surface area contributed by atoms with Crippen molar-refractivity contribution in [1.29, 1.82) is 0 Å². The smallest absolute Gasteiger partial charge is 0.121 e. The van der Waals surface area contributed by atoms with Crippen LogP contribution in [0, 0.1) is 0 Å². The minimum Gasteiger partial charge on any atom is -0.304 e. The van der Waals surface area contributed by atoms with Gasteiger partial charge in [-0.25, -0.2) is 3.63 Å². The van der Waals surface area contributed by atoms with Gasteiger partial charge in [0.05, 0.1) is 0 Å². The van der Waals surface area contributed by atoms with E-state index in [0.717, 1.165) is 0 Å². The van der Waals surface area contributed by atoms with Gasteiger partial charge in [0.25, 0.3) is 0 Å². The van der Waals surface area contributed by atoms with Gasteiger partial charge in [-0.3, -0.25) is 0 Å². The average molecular weight is 144 g/mol. The molecule has 0 aliphatic heterocycles. The Kier molecular flexibility index (Phi) is 6.96. The minimum atomic E-state index is 0.579. The van der Waals surface area contributed by atoms with Crippen LogP contribution in [0.25, 0.3) is 0 Å². The molecule has 0 amide bonds. The third-order valence-electron chi connectivity index (χ3n) is 0.143. The van der Waals surface area contributed by atoms with E-state index in [4.69, 9.17) is 10.4 Å². The fourth-order valence-electron chi connectivity index (χ4n) is 0.0474. The zero-order valence-electron chi connectivity index (χ0n) is 3.12. The number of rotatable bonds is 4. The molecular weight excluding hydrogens is 140 g/mol. The van der Waals surface area contributed by atoms with Crippen molar-refractivity contribution in [3.8, 4) is 0 Å². The molecule has 5 nitrogen and oxygen atoms in total. The summed E-state index contributed by atoms with van der Waals surface area (Å²) in [4.78, 5) is 3.25. The van der Waals surface area contributed by atoms with E-state index in [0.29, 0.717) is 24.5 Å². The highest BCUT2D eigenvalue weighted by molar-refractivity contribution is 8.05. The van der Waals surface area contributed by atoms with E-state index >= 15 is 0 Å². The second-order valence-corrected chi connectivity index (χ2v) is 1.66. The predicted octanol–water partition coefficient (Wildman–Crippen LogP) is 0.0870. The summed E-state index contributed by atoms with van der Waals surface area (Å²) in [5, 5.41) is 15.5. The number of nitrogens with one attached hydrogen (secondary N) is 2. The Balaban J connectivity index is 2.45. The van der Waals surface area contributed by atoms with Crippen molar-refractivity contribution in [2.45, 2.75) is 0 Å². The molecule has 4 N–H and O–H groups in total. The van der Waals surface area contributed by atoms with Gasteiger partial charge in [-0.05, 0) is 0 Å². The molecule has 0 aromatic rings. The van der Waals surface area contributed by atoms with Crippen LogP contribution in [0.15, 0.2) is 0 Å². The van der Waals surface area contributed by atoms with Gasteiger partial charge in [-0.15, -0.1) is 9.77 Å². The highest BCUT2D eigenvalue weighted by Gasteiger charge is 1.81. The maximum atomic E-state index is 7.76. The maximum Gasteiger partial charge on any atom is 0.121 e. The van der Waals surface area contributed by atoms with E-state index in [9.17, 15) is 0 Å². The van der Waals surface area contributed by atoms with Gasteiger partial charge >= 0.3 is 0 Å². The fourth-order valence-corrected chi connectivity index (χ4v) is 0.427. The van der Waals surface area contributed by atoms with Crippen LogP contribution in [0.3, 0.4) is 0 Å². The van der Waals surface area contributed by atoms with Gasteiger partial charge in [0.2, 0.25) is 0 Å².